The minimum atomic E-state index is -3.16. The first-order valence-electron chi connectivity index (χ1n) is 11.5. The summed E-state index contributed by atoms with van der Waals surface area (Å²) in [4.78, 5) is 18.2. The molecule has 1 N–H and O–H groups in total. The summed E-state index contributed by atoms with van der Waals surface area (Å²) in [5.74, 6) is 0.00400. The van der Waals surface area contributed by atoms with Crippen molar-refractivity contribution in [3.63, 3.8) is 0 Å². The minimum absolute atomic E-state index is 0.0268. The SMILES string of the molecule is COc1ccccc1CNC(=O)c1cc(-c2ccc(F)cc2)nc2c1c(C)nn2C1CCS(=O)(=O)C1. The highest BCUT2D eigenvalue weighted by molar-refractivity contribution is 7.91. The molecule has 0 saturated carbocycles. The molecule has 1 aliphatic heterocycles. The number of hydrogen-bond donors (Lipinski definition) is 1. The molecule has 5 rings (SSSR count). The van der Waals surface area contributed by atoms with Crippen molar-refractivity contribution in [2.75, 3.05) is 18.6 Å². The molecule has 3 heterocycles. The summed E-state index contributed by atoms with van der Waals surface area (Å²) in [6.07, 6.45) is 0.427. The minimum Gasteiger partial charge on any atom is -0.496 e. The van der Waals surface area contributed by atoms with Crippen molar-refractivity contribution in [1.29, 1.82) is 0 Å². The predicted octanol–water partition coefficient (Wildman–Crippen LogP) is 3.84. The Bertz CT molecular complexity index is 1570. The maximum atomic E-state index is 13.6. The average molecular weight is 509 g/mol. The lowest BCUT2D eigenvalue weighted by atomic mass is 10.0. The van der Waals surface area contributed by atoms with E-state index in [-0.39, 0.29) is 35.8 Å². The summed E-state index contributed by atoms with van der Waals surface area (Å²) in [5.41, 5.74) is 3.28. The van der Waals surface area contributed by atoms with Crippen molar-refractivity contribution in [2.45, 2.75) is 25.9 Å². The highest BCUT2D eigenvalue weighted by Gasteiger charge is 2.32. The second-order valence-corrected chi connectivity index (χ2v) is 11.1. The number of carbonyl (C=O) groups is 1. The number of aryl methyl sites for hydroxylation is 1. The Balaban J connectivity index is 1.60. The van der Waals surface area contributed by atoms with Gasteiger partial charge in [-0.2, -0.15) is 5.10 Å². The van der Waals surface area contributed by atoms with Gasteiger partial charge in [-0.15, -0.1) is 0 Å². The number of aromatic nitrogens is 3. The summed E-state index contributed by atoms with van der Waals surface area (Å²) >= 11 is 0. The molecule has 4 aromatic rings. The number of rotatable bonds is 6. The van der Waals surface area contributed by atoms with Gasteiger partial charge in [0, 0.05) is 17.7 Å². The number of benzene rings is 2. The van der Waals surface area contributed by atoms with E-state index in [9.17, 15) is 17.6 Å². The van der Waals surface area contributed by atoms with E-state index < -0.39 is 9.84 Å². The van der Waals surface area contributed by atoms with E-state index >= 15 is 0 Å². The van der Waals surface area contributed by atoms with E-state index in [1.807, 2.05) is 24.3 Å². The molecule has 36 heavy (non-hydrogen) atoms. The highest BCUT2D eigenvalue weighted by Crippen LogP contribution is 2.32. The third-order valence-corrected chi connectivity index (χ3v) is 8.16. The quantitative estimate of drug-likeness (QED) is 0.425. The number of sulfone groups is 1. The van der Waals surface area contributed by atoms with Crippen molar-refractivity contribution in [1.82, 2.24) is 20.1 Å². The summed E-state index contributed by atoms with van der Waals surface area (Å²) in [6, 6.07) is 14.5. The van der Waals surface area contributed by atoms with E-state index in [2.05, 4.69) is 10.4 Å². The summed E-state index contributed by atoms with van der Waals surface area (Å²) in [5, 5.41) is 8.11. The van der Waals surface area contributed by atoms with Crippen LogP contribution in [0, 0.1) is 12.7 Å². The van der Waals surface area contributed by atoms with Gasteiger partial charge >= 0.3 is 0 Å². The number of nitrogens with one attached hydrogen (secondary N) is 1. The molecule has 1 atom stereocenters. The number of hydrogen-bond acceptors (Lipinski definition) is 6. The Morgan fingerprint density at radius 2 is 1.94 bits per heavy atom. The van der Waals surface area contributed by atoms with Gasteiger partial charge < -0.3 is 10.1 Å². The van der Waals surface area contributed by atoms with Crippen LogP contribution in [-0.4, -0.2) is 47.7 Å². The number of pyridine rings is 1. The Morgan fingerprint density at radius 1 is 1.19 bits per heavy atom. The predicted molar refractivity (Wildman–Crippen MR) is 134 cm³/mol. The van der Waals surface area contributed by atoms with E-state index in [4.69, 9.17) is 9.72 Å². The molecule has 2 aromatic carbocycles. The monoisotopic (exact) mass is 508 g/mol. The van der Waals surface area contributed by atoms with Gasteiger partial charge in [0.15, 0.2) is 15.5 Å². The average Bonchev–Trinajstić information content (AvgIpc) is 3.41. The Hall–Kier alpha value is -3.79. The molecule has 8 nitrogen and oxygen atoms in total. The molecule has 2 aromatic heterocycles. The van der Waals surface area contributed by atoms with E-state index in [1.54, 1.807) is 36.9 Å². The van der Waals surface area contributed by atoms with Gasteiger partial charge in [-0.3, -0.25) is 4.79 Å². The number of halogens is 1. The van der Waals surface area contributed by atoms with Gasteiger partial charge in [0.2, 0.25) is 0 Å². The Kier molecular flexibility index (Phi) is 6.21. The van der Waals surface area contributed by atoms with Crippen LogP contribution >= 0.6 is 0 Å². The van der Waals surface area contributed by atoms with Crippen molar-refractivity contribution in [3.05, 3.63) is 77.2 Å². The number of methoxy groups -OCH3 is 1. The Labute approximate surface area is 208 Å². The van der Waals surface area contributed by atoms with E-state index in [0.717, 1.165) is 5.56 Å². The van der Waals surface area contributed by atoms with Crippen LogP contribution in [0.1, 0.15) is 34.1 Å². The van der Waals surface area contributed by atoms with Gasteiger partial charge in [0.05, 0.1) is 47.0 Å². The van der Waals surface area contributed by atoms with Crippen LogP contribution in [0.2, 0.25) is 0 Å². The molecule has 10 heteroatoms. The lowest BCUT2D eigenvalue weighted by molar-refractivity contribution is 0.0952. The Morgan fingerprint density at radius 3 is 2.64 bits per heavy atom. The third-order valence-electron chi connectivity index (χ3n) is 6.41. The van der Waals surface area contributed by atoms with Crippen LogP contribution in [0.25, 0.3) is 22.3 Å². The highest BCUT2D eigenvalue weighted by atomic mass is 32.2. The standard InChI is InChI=1S/C26H25FN4O4S/c1-16-24-21(26(32)28-14-18-5-3-4-6-23(18)35-2)13-22(17-7-9-19(27)10-8-17)29-25(24)31(30-16)20-11-12-36(33,34)15-20/h3-10,13,20H,11-12,14-15H2,1-2H3,(H,28,32). The second kappa shape index (κ2) is 9.34. The van der Waals surface area contributed by atoms with Gasteiger partial charge in [0.1, 0.15) is 11.6 Å². The van der Waals surface area contributed by atoms with Crippen molar-refractivity contribution < 1.29 is 22.3 Å². The summed E-state index contributed by atoms with van der Waals surface area (Å²) in [7, 11) is -1.59. The number of fused-ring (bicyclic) bond motifs is 1. The second-order valence-electron chi connectivity index (χ2n) is 8.84. The van der Waals surface area contributed by atoms with E-state index in [1.165, 1.54) is 12.1 Å². The van der Waals surface area contributed by atoms with Gasteiger partial charge in [0.25, 0.3) is 5.91 Å². The molecular formula is C26H25FN4O4S. The molecule has 186 valence electrons. The first-order valence-corrected chi connectivity index (χ1v) is 13.3. The van der Waals surface area contributed by atoms with E-state index in [0.29, 0.717) is 45.7 Å². The molecule has 1 unspecified atom stereocenters. The third kappa shape index (κ3) is 4.56. The van der Waals surface area contributed by atoms with Gasteiger partial charge in [-0.1, -0.05) is 18.2 Å². The lowest BCUT2D eigenvalue weighted by Gasteiger charge is -2.13. The molecular weight excluding hydrogens is 483 g/mol. The smallest absolute Gasteiger partial charge is 0.252 e. The lowest BCUT2D eigenvalue weighted by Crippen LogP contribution is -2.23. The van der Waals surface area contributed by atoms with Crippen molar-refractivity contribution >= 4 is 26.8 Å². The zero-order chi connectivity index (χ0) is 25.4. The molecule has 1 saturated heterocycles. The van der Waals surface area contributed by atoms with Gasteiger partial charge in [-0.25, -0.2) is 22.5 Å². The number of para-hydroxylation sites is 1. The summed E-state index contributed by atoms with van der Waals surface area (Å²) < 4.78 is 44.9. The topological polar surface area (TPSA) is 103 Å². The first-order chi connectivity index (χ1) is 17.3. The fourth-order valence-electron chi connectivity index (χ4n) is 4.60. The van der Waals surface area contributed by atoms with Crippen molar-refractivity contribution in [3.8, 4) is 17.0 Å². The number of nitrogens with zero attached hydrogens (tertiary/aromatic N) is 3. The van der Waals surface area contributed by atoms with Crippen molar-refractivity contribution in [2.24, 2.45) is 0 Å². The number of ether oxygens (including phenoxy) is 1. The van der Waals surface area contributed by atoms with Crippen LogP contribution in [0.3, 0.4) is 0 Å². The number of amides is 1. The first kappa shape index (κ1) is 23.9. The molecule has 0 bridgehead atoms. The maximum Gasteiger partial charge on any atom is 0.252 e. The van der Waals surface area contributed by atoms with Gasteiger partial charge in [-0.05, 0) is 49.7 Å². The largest absolute Gasteiger partial charge is 0.496 e. The molecule has 1 aliphatic rings. The van der Waals surface area contributed by atoms with Crippen LogP contribution in [0.4, 0.5) is 4.39 Å². The molecule has 1 amide bonds. The number of carbonyl (C=O) groups excluding carboxylic acids is 1. The fourth-order valence-corrected chi connectivity index (χ4v) is 6.30. The van der Waals surface area contributed by atoms with Crippen LogP contribution in [0.5, 0.6) is 5.75 Å². The zero-order valence-electron chi connectivity index (χ0n) is 19.9. The van der Waals surface area contributed by atoms with Crippen LogP contribution in [-0.2, 0) is 16.4 Å². The molecule has 0 aliphatic carbocycles. The van der Waals surface area contributed by atoms with Crippen LogP contribution < -0.4 is 10.1 Å². The zero-order valence-corrected chi connectivity index (χ0v) is 20.7. The molecule has 1 fully saturated rings. The molecule has 0 spiro atoms. The summed E-state index contributed by atoms with van der Waals surface area (Å²) in [6.45, 7) is 2.02. The maximum absolute atomic E-state index is 13.6. The van der Waals surface area contributed by atoms with Crippen LogP contribution in [0.15, 0.2) is 54.6 Å². The fraction of sp³-hybridized carbons (Fsp3) is 0.269. The normalized spacial score (nSPS) is 16.8. The molecule has 0 radical (unpaired) electrons.